The Balaban J connectivity index is 1.96. The van der Waals surface area contributed by atoms with Crippen molar-refractivity contribution in [1.82, 2.24) is 14.7 Å². The van der Waals surface area contributed by atoms with Crippen LogP contribution in [-0.2, 0) is 11.3 Å². The van der Waals surface area contributed by atoms with Gasteiger partial charge in [0, 0.05) is 19.3 Å². The molecule has 1 aliphatic heterocycles. The molecule has 0 radical (unpaired) electrons. The Morgan fingerprint density at radius 2 is 2.41 bits per heavy atom. The van der Waals surface area contributed by atoms with Gasteiger partial charge >= 0.3 is 0 Å². The van der Waals surface area contributed by atoms with E-state index in [0.717, 1.165) is 25.2 Å². The van der Waals surface area contributed by atoms with Crippen LogP contribution in [0.1, 0.15) is 25.5 Å². The maximum atomic E-state index is 12.1. The van der Waals surface area contributed by atoms with Crippen molar-refractivity contribution >= 4 is 17.5 Å². The highest BCUT2D eigenvalue weighted by molar-refractivity contribution is 6.31. The van der Waals surface area contributed by atoms with E-state index in [4.69, 9.17) is 11.6 Å². The SMILES string of the molecule is Cc1nn(CC(=O)N2CCCC(C)C2)cc1Cl. The topological polar surface area (TPSA) is 38.1 Å². The van der Waals surface area contributed by atoms with Crippen LogP contribution in [0.25, 0.3) is 0 Å². The summed E-state index contributed by atoms with van der Waals surface area (Å²) in [6.45, 7) is 6.06. The zero-order valence-electron chi connectivity index (χ0n) is 10.3. The van der Waals surface area contributed by atoms with Crippen molar-refractivity contribution in [3.8, 4) is 0 Å². The molecule has 4 nitrogen and oxygen atoms in total. The molecular weight excluding hydrogens is 238 g/mol. The molecule has 0 bridgehead atoms. The van der Waals surface area contributed by atoms with Gasteiger partial charge in [-0.15, -0.1) is 0 Å². The third kappa shape index (κ3) is 3.00. The number of carbonyl (C=O) groups excluding carboxylic acids is 1. The predicted molar refractivity (Wildman–Crippen MR) is 67.0 cm³/mol. The summed E-state index contributed by atoms with van der Waals surface area (Å²) in [5.41, 5.74) is 0.770. The maximum absolute atomic E-state index is 12.1. The number of amides is 1. The summed E-state index contributed by atoms with van der Waals surface area (Å²) in [6, 6.07) is 0. The van der Waals surface area contributed by atoms with Crippen molar-refractivity contribution < 1.29 is 4.79 Å². The van der Waals surface area contributed by atoms with E-state index in [-0.39, 0.29) is 5.91 Å². The number of likely N-dealkylation sites (tertiary alicyclic amines) is 1. The first-order valence-corrected chi connectivity index (χ1v) is 6.41. The lowest BCUT2D eigenvalue weighted by Gasteiger charge is -2.30. The molecule has 2 rings (SSSR count). The van der Waals surface area contributed by atoms with Gasteiger partial charge in [0.25, 0.3) is 0 Å². The molecule has 1 aromatic heterocycles. The van der Waals surface area contributed by atoms with E-state index < -0.39 is 0 Å². The Labute approximate surface area is 107 Å². The monoisotopic (exact) mass is 255 g/mol. The summed E-state index contributed by atoms with van der Waals surface area (Å²) in [6.07, 6.45) is 4.03. The van der Waals surface area contributed by atoms with Crippen molar-refractivity contribution in [2.75, 3.05) is 13.1 Å². The summed E-state index contributed by atoms with van der Waals surface area (Å²) in [5.74, 6) is 0.742. The summed E-state index contributed by atoms with van der Waals surface area (Å²) >= 11 is 5.91. The van der Waals surface area contributed by atoms with E-state index >= 15 is 0 Å². The quantitative estimate of drug-likeness (QED) is 0.812. The number of hydrogen-bond donors (Lipinski definition) is 0. The molecule has 0 spiro atoms. The van der Waals surface area contributed by atoms with Gasteiger partial charge in [-0.3, -0.25) is 9.48 Å². The average Bonchev–Trinajstić information content (AvgIpc) is 2.58. The largest absolute Gasteiger partial charge is 0.341 e. The van der Waals surface area contributed by atoms with Crippen molar-refractivity contribution in [3.05, 3.63) is 16.9 Å². The van der Waals surface area contributed by atoms with Crippen molar-refractivity contribution in [3.63, 3.8) is 0 Å². The standard InChI is InChI=1S/C12H18ClN3O/c1-9-4-3-5-15(6-9)12(17)8-16-7-11(13)10(2)14-16/h7,9H,3-6,8H2,1-2H3. The first kappa shape index (κ1) is 12.4. The molecule has 1 unspecified atom stereocenters. The Bertz CT molecular complexity index is 396. The van der Waals surface area contributed by atoms with Gasteiger partial charge in [-0.2, -0.15) is 5.10 Å². The first-order chi connectivity index (χ1) is 8.06. The van der Waals surface area contributed by atoms with Crippen molar-refractivity contribution in [2.24, 2.45) is 5.92 Å². The predicted octanol–water partition coefficient (Wildman–Crippen LogP) is 2.10. The minimum atomic E-state index is 0.135. The highest BCUT2D eigenvalue weighted by Crippen LogP contribution is 2.16. The third-order valence-corrected chi connectivity index (χ3v) is 3.56. The molecule has 2 heterocycles. The van der Waals surface area contributed by atoms with E-state index in [1.807, 2.05) is 11.8 Å². The highest BCUT2D eigenvalue weighted by Gasteiger charge is 2.21. The first-order valence-electron chi connectivity index (χ1n) is 6.03. The molecule has 0 aromatic carbocycles. The minimum absolute atomic E-state index is 0.135. The Morgan fingerprint density at radius 3 is 3.00 bits per heavy atom. The molecule has 0 aliphatic carbocycles. The van der Waals surface area contributed by atoms with Crippen LogP contribution in [0, 0.1) is 12.8 Å². The number of nitrogens with zero attached hydrogens (tertiary/aromatic N) is 3. The summed E-state index contributed by atoms with van der Waals surface area (Å²) in [4.78, 5) is 14.0. The second kappa shape index (κ2) is 5.08. The molecule has 5 heteroatoms. The lowest BCUT2D eigenvalue weighted by Crippen LogP contribution is -2.40. The van der Waals surface area contributed by atoms with Gasteiger partial charge < -0.3 is 4.90 Å². The lowest BCUT2D eigenvalue weighted by molar-refractivity contribution is -0.133. The van der Waals surface area contributed by atoms with Crippen LogP contribution in [0.4, 0.5) is 0 Å². The number of aromatic nitrogens is 2. The second-order valence-corrected chi connectivity index (χ2v) is 5.25. The van der Waals surface area contributed by atoms with Crippen LogP contribution in [0.2, 0.25) is 5.02 Å². The van der Waals surface area contributed by atoms with E-state index in [9.17, 15) is 4.79 Å². The molecule has 17 heavy (non-hydrogen) atoms. The molecule has 1 atom stereocenters. The lowest BCUT2D eigenvalue weighted by atomic mass is 10.0. The number of halogens is 1. The van der Waals surface area contributed by atoms with Gasteiger partial charge in [-0.05, 0) is 25.7 Å². The molecule has 94 valence electrons. The van der Waals surface area contributed by atoms with Gasteiger partial charge in [0.1, 0.15) is 6.54 Å². The zero-order valence-corrected chi connectivity index (χ0v) is 11.1. The summed E-state index contributed by atoms with van der Waals surface area (Å²) in [7, 11) is 0. The summed E-state index contributed by atoms with van der Waals surface area (Å²) < 4.78 is 1.62. The minimum Gasteiger partial charge on any atom is -0.341 e. The van der Waals surface area contributed by atoms with Crippen molar-refractivity contribution in [1.29, 1.82) is 0 Å². The Morgan fingerprint density at radius 1 is 1.65 bits per heavy atom. The van der Waals surface area contributed by atoms with Gasteiger partial charge in [0.15, 0.2) is 0 Å². The second-order valence-electron chi connectivity index (χ2n) is 4.85. The summed E-state index contributed by atoms with van der Waals surface area (Å²) in [5, 5.41) is 4.82. The zero-order chi connectivity index (χ0) is 12.4. The van der Waals surface area contributed by atoms with E-state index in [1.54, 1.807) is 10.9 Å². The molecule has 1 saturated heterocycles. The van der Waals surface area contributed by atoms with Gasteiger partial charge in [-0.1, -0.05) is 18.5 Å². The van der Waals surface area contributed by atoms with Crippen molar-refractivity contribution in [2.45, 2.75) is 33.2 Å². The van der Waals surface area contributed by atoms with Crippen LogP contribution in [0.3, 0.4) is 0 Å². The number of aryl methyl sites for hydroxylation is 1. The number of rotatable bonds is 2. The van der Waals surface area contributed by atoms with Crippen LogP contribution < -0.4 is 0 Å². The van der Waals surface area contributed by atoms with E-state index in [2.05, 4.69) is 12.0 Å². The van der Waals surface area contributed by atoms with Crippen LogP contribution in [0.5, 0.6) is 0 Å². The molecule has 1 amide bonds. The van der Waals surface area contributed by atoms with Gasteiger partial charge in [0.2, 0.25) is 5.91 Å². The maximum Gasteiger partial charge on any atom is 0.244 e. The molecule has 1 fully saturated rings. The fraction of sp³-hybridized carbons (Fsp3) is 0.667. The van der Waals surface area contributed by atoms with Crippen LogP contribution in [-0.4, -0.2) is 33.7 Å². The molecule has 1 aromatic rings. The third-order valence-electron chi connectivity index (χ3n) is 3.19. The normalized spacial score (nSPS) is 20.6. The Hall–Kier alpha value is -1.03. The fourth-order valence-corrected chi connectivity index (χ4v) is 2.38. The molecule has 0 N–H and O–H groups in total. The molecule has 0 saturated carbocycles. The molecular formula is C12H18ClN3O. The Kier molecular flexibility index (Phi) is 3.72. The van der Waals surface area contributed by atoms with Gasteiger partial charge in [-0.25, -0.2) is 0 Å². The van der Waals surface area contributed by atoms with Crippen LogP contribution >= 0.6 is 11.6 Å². The van der Waals surface area contributed by atoms with E-state index in [1.165, 1.54) is 6.42 Å². The number of piperidine rings is 1. The molecule has 1 aliphatic rings. The smallest absolute Gasteiger partial charge is 0.244 e. The highest BCUT2D eigenvalue weighted by atomic mass is 35.5. The number of carbonyl (C=O) groups is 1. The van der Waals surface area contributed by atoms with Crippen LogP contribution in [0.15, 0.2) is 6.20 Å². The number of hydrogen-bond acceptors (Lipinski definition) is 2. The van der Waals surface area contributed by atoms with Gasteiger partial charge in [0.05, 0.1) is 10.7 Å². The van der Waals surface area contributed by atoms with E-state index in [0.29, 0.717) is 17.5 Å². The average molecular weight is 256 g/mol. The fourth-order valence-electron chi connectivity index (χ4n) is 2.23.